The molecule has 0 fully saturated rings. The van der Waals surface area contributed by atoms with Crippen LogP contribution in [0.1, 0.15) is 11.3 Å². The molecule has 0 unspecified atom stereocenters. The molecule has 0 aliphatic heterocycles. The van der Waals surface area contributed by atoms with Crippen molar-refractivity contribution in [3.05, 3.63) is 40.7 Å². The van der Waals surface area contributed by atoms with Crippen LogP contribution in [0.2, 0.25) is 5.15 Å². The average molecular weight is 266 g/mol. The molecule has 0 saturated heterocycles. The number of aryl methyl sites for hydroxylation is 2. The number of aromatic nitrogens is 2. The van der Waals surface area contributed by atoms with Gasteiger partial charge in [-0.15, -0.1) is 0 Å². The van der Waals surface area contributed by atoms with Crippen molar-refractivity contribution in [3.8, 4) is 5.75 Å². The number of rotatable bonds is 4. The van der Waals surface area contributed by atoms with Gasteiger partial charge in [0.15, 0.2) is 0 Å². The molecule has 0 radical (unpaired) electrons. The monoisotopic (exact) mass is 265 g/mol. The summed E-state index contributed by atoms with van der Waals surface area (Å²) in [4.78, 5) is 0. The zero-order valence-corrected chi connectivity index (χ0v) is 11.5. The van der Waals surface area contributed by atoms with Gasteiger partial charge in [0.1, 0.15) is 10.9 Å². The average Bonchev–Trinajstić information content (AvgIpc) is 2.62. The van der Waals surface area contributed by atoms with Crippen LogP contribution in [0.3, 0.4) is 0 Å². The van der Waals surface area contributed by atoms with E-state index in [-0.39, 0.29) is 0 Å². The first-order chi connectivity index (χ1) is 8.63. The molecule has 1 heterocycles. The molecule has 0 spiro atoms. The van der Waals surface area contributed by atoms with E-state index in [2.05, 4.69) is 10.4 Å². The number of para-hydroxylation sites is 2. The summed E-state index contributed by atoms with van der Waals surface area (Å²) in [7, 11) is 3.49. The van der Waals surface area contributed by atoms with Gasteiger partial charge in [0, 0.05) is 19.2 Å². The van der Waals surface area contributed by atoms with Gasteiger partial charge in [0.25, 0.3) is 0 Å². The fraction of sp³-hybridized carbons (Fsp3) is 0.308. The van der Waals surface area contributed by atoms with E-state index in [0.717, 1.165) is 22.7 Å². The second-order valence-corrected chi connectivity index (χ2v) is 4.39. The molecule has 0 saturated carbocycles. The van der Waals surface area contributed by atoms with Gasteiger partial charge in [-0.1, -0.05) is 23.7 Å². The summed E-state index contributed by atoms with van der Waals surface area (Å²) in [5, 5.41) is 8.25. The summed E-state index contributed by atoms with van der Waals surface area (Å²) < 4.78 is 6.96. The topological polar surface area (TPSA) is 39.1 Å². The Hall–Kier alpha value is -1.68. The molecule has 0 atom stereocenters. The normalized spacial score (nSPS) is 10.4. The second-order valence-electron chi connectivity index (χ2n) is 4.03. The quantitative estimate of drug-likeness (QED) is 0.924. The molecule has 18 heavy (non-hydrogen) atoms. The molecule has 1 aromatic heterocycles. The van der Waals surface area contributed by atoms with E-state index < -0.39 is 0 Å². The van der Waals surface area contributed by atoms with Crippen molar-refractivity contribution in [1.29, 1.82) is 0 Å². The Kier molecular flexibility index (Phi) is 3.77. The Balaban J connectivity index is 2.16. The number of nitrogens with zero attached hydrogens (tertiary/aromatic N) is 2. The van der Waals surface area contributed by atoms with E-state index in [0.29, 0.717) is 11.7 Å². The summed E-state index contributed by atoms with van der Waals surface area (Å²) in [5.74, 6) is 0.815. The maximum absolute atomic E-state index is 6.18. The van der Waals surface area contributed by atoms with Gasteiger partial charge in [-0.05, 0) is 19.1 Å². The Labute approximate surface area is 112 Å². The largest absolute Gasteiger partial charge is 0.495 e. The van der Waals surface area contributed by atoms with E-state index in [1.165, 1.54) is 0 Å². The molecule has 0 aliphatic rings. The highest BCUT2D eigenvalue weighted by molar-refractivity contribution is 6.30. The number of halogens is 1. The second kappa shape index (κ2) is 5.31. The van der Waals surface area contributed by atoms with Crippen molar-refractivity contribution in [2.24, 2.45) is 7.05 Å². The maximum Gasteiger partial charge on any atom is 0.141 e. The van der Waals surface area contributed by atoms with Crippen LogP contribution < -0.4 is 10.1 Å². The standard InChI is InChI=1S/C13H16ClN3O/c1-9-10(13(14)17(2)16-9)8-15-11-6-4-5-7-12(11)18-3/h4-7,15H,8H2,1-3H3. The van der Waals surface area contributed by atoms with Gasteiger partial charge in [0.05, 0.1) is 18.5 Å². The fourth-order valence-corrected chi connectivity index (χ4v) is 2.09. The Morgan fingerprint density at radius 2 is 2.11 bits per heavy atom. The number of anilines is 1. The molecule has 1 aromatic carbocycles. The van der Waals surface area contributed by atoms with Gasteiger partial charge >= 0.3 is 0 Å². The first-order valence-corrected chi connectivity index (χ1v) is 6.06. The van der Waals surface area contributed by atoms with Gasteiger partial charge in [-0.2, -0.15) is 5.10 Å². The molecule has 2 aromatic rings. The van der Waals surface area contributed by atoms with Crippen LogP contribution in [0.5, 0.6) is 5.75 Å². The Morgan fingerprint density at radius 3 is 2.72 bits per heavy atom. The number of nitrogens with one attached hydrogen (secondary N) is 1. The van der Waals surface area contributed by atoms with E-state index in [1.807, 2.05) is 38.2 Å². The third-order valence-corrected chi connectivity index (χ3v) is 3.31. The van der Waals surface area contributed by atoms with Gasteiger partial charge < -0.3 is 10.1 Å². The van der Waals surface area contributed by atoms with Crippen molar-refractivity contribution in [2.75, 3.05) is 12.4 Å². The van der Waals surface area contributed by atoms with Crippen LogP contribution in [0.4, 0.5) is 5.69 Å². The van der Waals surface area contributed by atoms with Crippen LogP contribution in [0.15, 0.2) is 24.3 Å². The molecule has 2 rings (SSSR count). The third kappa shape index (κ3) is 2.43. The van der Waals surface area contributed by atoms with Crippen molar-refractivity contribution in [3.63, 3.8) is 0 Å². The van der Waals surface area contributed by atoms with Crippen LogP contribution in [0.25, 0.3) is 0 Å². The Bertz CT molecular complexity index is 551. The predicted octanol–water partition coefficient (Wildman–Crippen LogP) is 3.00. The minimum atomic E-state index is 0.624. The summed E-state index contributed by atoms with van der Waals surface area (Å²) >= 11 is 6.18. The van der Waals surface area contributed by atoms with Crippen molar-refractivity contribution in [1.82, 2.24) is 9.78 Å². The summed E-state index contributed by atoms with van der Waals surface area (Å²) in [5.41, 5.74) is 2.88. The van der Waals surface area contributed by atoms with E-state index >= 15 is 0 Å². The first kappa shape index (κ1) is 12.8. The van der Waals surface area contributed by atoms with Crippen LogP contribution in [0, 0.1) is 6.92 Å². The maximum atomic E-state index is 6.18. The van der Waals surface area contributed by atoms with E-state index in [4.69, 9.17) is 16.3 Å². The lowest BCUT2D eigenvalue weighted by Crippen LogP contribution is -2.02. The number of ether oxygens (including phenoxy) is 1. The third-order valence-electron chi connectivity index (χ3n) is 2.83. The van der Waals surface area contributed by atoms with Gasteiger partial charge in [0.2, 0.25) is 0 Å². The Morgan fingerprint density at radius 1 is 1.39 bits per heavy atom. The van der Waals surface area contributed by atoms with E-state index in [1.54, 1.807) is 11.8 Å². The molecule has 0 amide bonds. The lowest BCUT2D eigenvalue weighted by atomic mass is 10.2. The van der Waals surface area contributed by atoms with Crippen molar-refractivity contribution in [2.45, 2.75) is 13.5 Å². The molecular weight excluding hydrogens is 250 g/mol. The number of hydrogen-bond donors (Lipinski definition) is 1. The molecular formula is C13H16ClN3O. The highest BCUT2D eigenvalue weighted by Crippen LogP contribution is 2.25. The smallest absolute Gasteiger partial charge is 0.141 e. The number of methoxy groups -OCH3 is 1. The molecule has 4 nitrogen and oxygen atoms in total. The highest BCUT2D eigenvalue weighted by atomic mass is 35.5. The van der Waals surface area contributed by atoms with Crippen molar-refractivity contribution < 1.29 is 4.74 Å². The predicted molar refractivity (Wildman–Crippen MR) is 73.3 cm³/mol. The summed E-state index contributed by atoms with van der Waals surface area (Å²) in [6.07, 6.45) is 0. The first-order valence-electron chi connectivity index (χ1n) is 5.68. The van der Waals surface area contributed by atoms with Gasteiger partial charge in [-0.25, -0.2) is 0 Å². The number of benzene rings is 1. The minimum Gasteiger partial charge on any atom is -0.495 e. The minimum absolute atomic E-state index is 0.624. The fourth-order valence-electron chi connectivity index (χ4n) is 1.85. The highest BCUT2D eigenvalue weighted by Gasteiger charge is 2.11. The van der Waals surface area contributed by atoms with Crippen LogP contribution in [-0.4, -0.2) is 16.9 Å². The lowest BCUT2D eigenvalue weighted by Gasteiger charge is -2.10. The van der Waals surface area contributed by atoms with Crippen LogP contribution >= 0.6 is 11.6 Å². The summed E-state index contributed by atoms with van der Waals surface area (Å²) in [6, 6.07) is 7.79. The lowest BCUT2D eigenvalue weighted by molar-refractivity contribution is 0.416. The molecule has 0 aliphatic carbocycles. The SMILES string of the molecule is COc1ccccc1NCc1c(C)nn(C)c1Cl. The number of hydrogen-bond acceptors (Lipinski definition) is 3. The van der Waals surface area contributed by atoms with E-state index in [9.17, 15) is 0 Å². The molecule has 0 bridgehead atoms. The summed E-state index contributed by atoms with van der Waals surface area (Å²) in [6.45, 7) is 2.57. The van der Waals surface area contributed by atoms with Crippen molar-refractivity contribution >= 4 is 17.3 Å². The van der Waals surface area contributed by atoms with Crippen LogP contribution in [-0.2, 0) is 13.6 Å². The molecule has 96 valence electrons. The van der Waals surface area contributed by atoms with Gasteiger partial charge in [-0.3, -0.25) is 4.68 Å². The molecule has 1 N–H and O–H groups in total. The zero-order chi connectivity index (χ0) is 13.1. The zero-order valence-electron chi connectivity index (χ0n) is 10.7. The molecule has 5 heteroatoms.